The fourth-order valence-electron chi connectivity index (χ4n) is 1.41. The smallest absolute Gasteiger partial charge is 0.239 e. The molecule has 0 radical (unpaired) electrons. The Morgan fingerprint density at radius 2 is 2.06 bits per heavy atom. The number of benzene rings is 1. The molecule has 0 aliphatic rings. The summed E-state index contributed by atoms with van der Waals surface area (Å²) in [4.78, 5) is 11.6. The van der Waals surface area contributed by atoms with Crippen LogP contribution in [0.2, 0.25) is 0 Å². The Morgan fingerprint density at radius 3 is 2.61 bits per heavy atom. The highest BCUT2D eigenvalue weighted by molar-refractivity contribution is 9.10. The summed E-state index contributed by atoms with van der Waals surface area (Å²) in [5, 5.41) is 2.53. The van der Waals surface area contributed by atoms with E-state index in [-0.39, 0.29) is 5.75 Å². The summed E-state index contributed by atoms with van der Waals surface area (Å²) in [6.07, 6.45) is 0. The van der Waals surface area contributed by atoms with Gasteiger partial charge < -0.3 is 11.1 Å². The maximum Gasteiger partial charge on any atom is 0.239 e. The molecule has 18 heavy (non-hydrogen) atoms. The Hall–Kier alpha value is -0.920. The minimum Gasteiger partial charge on any atom is -0.327 e. The minimum absolute atomic E-state index is 0.198. The molecule has 1 aromatic rings. The zero-order chi connectivity index (χ0) is 13.8. The van der Waals surface area contributed by atoms with Crippen molar-refractivity contribution in [3.8, 4) is 0 Å². The lowest BCUT2D eigenvalue weighted by Crippen LogP contribution is -2.32. The second-order valence-corrected chi connectivity index (χ2v) is 7.02. The van der Waals surface area contributed by atoms with Gasteiger partial charge in [-0.3, -0.25) is 4.79 Å². The molecule has 0 spiro atoms. The molecule has 7 heteroatoms. The number of hydrogen-bond donors (Lipinski definition) is 2. The molecule has 3 N–H and O–H groups in total. The number of amides is 1. The van der Waals surface area contributed by atoms with E-state index in [0.717, 1.165) is 0 Å². The Bertz CT molecular complexity index is 529. The average Bonchev–Trinajstić information content (AvgIpc) is 2.18. The van der Waals surface area contributed by atoms with Crippen molar-refractivity contribution in [2.75, 3.05) is 16.8 Å². The number of carbonyl (C=O) groups excluding carboxylic acids is 1. The molecule has 0 heterocycles. The molecule has 0 bridgehead atoms. The van der Waals surface area contributed by atoms with Crippen molar-refractivity contribution in [3.05, 3.63) is 28.7 Å². The van der Waals surface area contributed by atoms with Gasteiger partial charge in [-0.25, -0.2) is 8.42 Å². The topological polar surface area (TPSA) is 89.3 Å². The van der Waals surface area contributed by atoms with Gasteiger partial charge in [-0.1, -0.05) is 12.1 Å². The summed E-state index contributed by atoms with van der Waals surface area (Å²) in [5.74, 6) is -1.32. The molecule has 100 valence electrons. The summed E-state index contributed by atoms with van der Waals surface area (Å²) in [5.41, 5.74) is 5.95. The Kier molecular flexibility index (Phi) is 5.30. The van der Waals surface area contributed by atoms with E-state index in [1.165, 1.54) is 0 Å². The summed E-state index contributed by atoms with van der Waals surface area (Å²) in [7, 11) is -3.47. The number of rotatable bonds is 5. The monoisotopic (exact) mass is 334 g/mol. The molecular formula is C11H15BrN2O3S. The summed E-state index contributed by atoms with van der Waals surface area (Å²) in [6.45, 7) is 1.59. The van der Waals surface area contributed by atoms with Gasteiger partial charge in [0, 0.05) is 10.5 Å². The molecule has 0 saturated carbocycles. The molecule has 1 atom stereocenters. The molecule has 1 amide bonds. The van der Waals surface area contributed by atoms with Crippen LogP contribution in [0.3, 0.4) is 0 Å². The van der Waals surface area contributed by atoms with Crippen LogP contribution in [0.5, 0.6) is 0 Å². The van der Waals surface area contributed by atoms with Crippen LogP contribution in [-0.2, 0) is 14.6 Å². The van der Waals surface area contributed by atoms with Gasteiger partial charge in [0.2, 0.25) is 5.91 Å². The van der Waals surface area contributed by atoms with Crippen molar-refractivity contribution in [1.29, 1.82) is 0 Å². The van der Waals surface area contributed by atoms with E-state index in [9.17, 15) is 13.2 Å². The number of carbonyl (C=O) groups is 1. The standard InChI is InChI=1S/C11H15BrN2O3S/c1-8(13)6-18(16,17)7-11(15)14-10-5-3-2-4-9(10)12/h2-5,8H,6-7,13H2,1H3,(H,14,15). The number of anilines is 1. The van der Waals surface area contributed by atoms with Gasteiger partial charge in [-0.2, -0.15) is 0 Å². The summed E-state index contributed by atoms with van der Waals surface area (Å²) < 4.78 is 23.8. The first-order valence-electron chi connectivity index (χ1n) is 5.30. The van der Waals surface area contributed by atoms with Crippen LogP contribution in [0.25, 0.3) is 0 Å². The first-order valence-corrected chi connectivity index (χ1v) is 7.92. The predicted octanol–water partition coefficient (Wildman–Crippen LogP) is 1.15. The number of nitrogens with one attached hydrogen (secondary N) is 1. The molecule has 0 aliphatic carbocycles. The quantitative estimate of drug-likeness (QED) is 0.845. The number of hydrogen-bond acceptors (Lipinski definition) is 4. The number of halogens is 1. The molecule has 1 aromatic carbocycles. The maximum atomic E-state index is 11.6. The van der Waals surface area contributed by atoms with Gasteiger partial charge in [-0.15, -0.1) is 0 Å². The van der Waals surface area contributed by atoms with E-state index in [1.807, 2.05) is 0 Å². The van der Waals surface area contributed by atoms with Gasteiger partial charge >= 0.3 is 0 Å². The van der Waals surface area contributed by atoms with E-state index < -0.39 is 27.5 Å². The number of nitrogens with two attached hydrogens (primary N) is 1. The van der Waals surface area contributed by atoms with Crippen molar-refractivity contribution in [3.63, 3.8) is 0 Å². The third-order valence-corrected chi connectivity index (χ3v) is 4.44. The van der Waals surface area contributed by atoms with E-state index in [0.29, 0.717) is 10.2 Å². The molecule has 5 nitrogen and oxygen atoms in total. The van der Waals surface area contributed by atoms with Crippen LogP contribution >= 0.6 is 15.9 Å². The van der Waals surface area contributed by atoms with Crippen LogP contribution < -0.4 is 11.1 Å². The van der Waals surface area contributed by atoms with Crippen molar-refractivity contribution in [2.24, 2.45) is 5.73 Å². The lowest BCUT2D eigenvalue weighted by molar-refractivity contribution is -0.113. The molecule has 1 unspecified atom stereocenters. The van der Waals surface area contributed by atoms with Gasteiger partial charge in [-0.05, 0) is 35.0 Å². The Balaban J connectivity index is 2.66. The highest BCUT2D eigenvalue weighted by Crippen LogP contribution is 2.21. The first kappa shape index (κ1) is 15.1. The first-order chi connectivity index (χ1) is 8.30. The molecular weight excluding hydrogens is 320 g/mol. The molecule has 1 rings (SSSR count). The normalized spacial score (nSPS) is 13.1. The largest absolute Gasteiger partial charge is 0.327 e. The molecule has 0 saturated heterocycles. The summed E-state index contributed by atoms with van der Waals surface area (Å²) in [6, 6.07) is 6.50. The third kappa shape index (κ3) is 5.16. The van der Waals surface area contributed by atoms with E-state index >= 15 is 0 Å². The third-order valence-electron chi connectivity index (χ3n) is 2.02. The van der Waals surface area contributed by atoms with E-state index in [1.54, 1.807) is 31.2 Å². The zero-order valence-corrected chi connectivity index (χ0v) is 12.3. The molecule has 0 aliphatic heterocycles. The van der Waals surface area contributed by atoms with Crippen molar-refractivity contribution >= 4 is 37.4 Å². The van der Waals surface area contributed by atoms with Crippen molar-refractivity contribution in [1.82, 2.24) is 0 Å². The van der Waals surface area contributed by atoms with Gasteiger partial charge in [0.1, 0.15) is 5.75 Å². The fraction of sp³-hybridized carbons (Fsp3) is 0.364. The maximum absolute atomic E-state index is 11.6. The van der Waals surface area contributed by atoms with Gasteiger partial charge in [0.05, 0.1) is 11.4 Å². The van der Waals surface area contributed by atoms with Crippen LogP contribution in [0.1, 0.15) is 6.92 Å². The highest BCUT2D eigenvalue weighted by Gasteiger charge is 2.18. The van der Waals surface area contributed by atoms with Crippen LogP contribution in [-0.4, -0.2) is 31.9 Å². The Labute approximate surface area is 115 Å². The number of para-hydroxylation sites is 1. The van der Waals surface area contributed by atoms with Crippen LogP contribution in [0, 0.1) is 0 Å². The van der Waals surface area contributed by atoms with E-state index in [4.69, 9.17) is 5.73 Å². The van der Waals surface area contributed by atoms with Gasteiger partial charge in [0.15, 0.2) is 9.84 Å². The SMILES string of the molecule is CC(N)CS(=O)(=O)CC(=O)Nc1ccccc1Br. The lowest BCUT2D eigenvalue weighted by Gasteiger charge is -2.09. The van der Waals surface area contributed by atoms with E-state index in [2.05, 4.69) is 21.2 Å². The zero-order valence-electron chi connectivity index (χ0n) is 9.89. The van der Waals surface area contributed by atoms with Crippen LogP contribution in [0.15, 0.2) is 28.7 Å². The van der Waals surface area contributed by atoms with Crippen LogP contribution in [0.4, 0.5) is 5.69 Å². The average molecular weight is 335 g/mol. The highest BCUT2D eigenvalue weighted by atomic mass is 79.9. The summed E-state index contributed by atoms with van der Waals surface area (Å²) >= 11 is 3.26. The second-order valence-electron chi connectivity index (χ2n) is 4.06. The number of sulfone groups is 1. The van der Waals surface area contributed by atoms with Gasteiger partial charge in [0.25, 0.3) is 0 Å². The molecule has 0 fully saturated rings. The van der Waals surface area contributed by atoms with Crippen molar-refractivity contribution < 1.29 is 13.2 Å². The lowest BCUT2D eigenvalue weighted by atomic mass is 10.3. The molecule has 0 aromatic heterocycles. The second kappa shape index (κ2) is 6.31. The minimum atomic E-state index is -3.47. The predicted molar refractivity (Wildman–Crippen MR) is 75.1 cm³/mol. The Morgan fingerprint density at radius 1 is 1.44 bits per heavy atom. The fourth-order valence-corrected chi connectivity index (χ4v) is 3.18. The van der Waals surface area contributed by atoms with Crippen molar-refractivity contribution in [2.45, 2.75) is 13.0 Å².